The molecule has 0 saturated carbocycles. The zero-order chi connectivity index (χ0) is 22.3. The molecule has 5 nitrogen and oxygen atoms in total. The molecule has 30 heavy (non-hydrogen) atoms. The first-order chi connectivity index (χ1) is 14.2. The van der Waals surface area contributed by atoms with Gasteiger partial charge in [0.1, 0.15) is 11.8 Å². The van der Waals surface area contributed by atoms with E-state index < -0.39 is 6.04 Å². The molecule has 2 rings (SSSR count). The molecule has 0 spiro atoms. The molecule has 0 aliphatic carbocycles. The van der Waals surface area contributed by atoms with Crippen LogP contribution < -0.4 is 10.1 Å². The molecular weight excluding hydrogens is 376 g/mol. The summed E-state index contributed by atoms with van der Waals surface area (Å²) < 4.78 is 5.20. The first-order valence-electron chi connectivity index (χ1n) is 10.4. The number of nitrogens with one attached hydrogen (secondary N) is 1. The minimum absolute atomic E-state index is 0.0400. The Labute approximate surface area is 180 Å². The van der Waals surface area contributed by atoms with Gasteiger partial charge in [-0.15, -0.1) is 0 Å². The molecule has 1 unspecified atom stereocenters. The van der Waals surface area contributed by atoms with Crippen molar-refractivity contribution in [2.24, 2.45) is 0 Å². The van der Waals surface area contributed by atoms with E-state index in [1.807, 2.05) is 24.3 Å². The molecule has 0 aliphatic heterocycles. The minimum Gasteiger partial charge on any atom is -0.497 e. The summed E-state index contributed by atoms with van der Waals surface area (Å²) in [6.07, 6.45) is 0.995. The van der Waals surface area contributed by atoms with Crippen LogP contribution in [0.4, 0.5) is 0 Å². The van der Waals surface area contributed by atoms with Gasteiger partial charge in [-0.3, -0.25) is 9.59 Å². The van der Waals surface area contributed by atoms with Crippen molar-refractivity contribution in [3.8, 4) is 5.75 Å². The second kappa shape index (κ2) is 10.3. The number of carbonyl (C=O) groups is 2. The van der Waals surface area contributed by atoms with Gasteiger partial charge in [0.25, 0.3) is 0 Å². The molecule has 0 heterocycles. The predicted molar refractivity (Wildman–Crippen MR) is 121 cm³/mol. The maximum Gasteiger partial charge on any atom is 0.242 e. The van der Waals surface area contributed by atoms with Gasteiger partial charge in [-0.25, -0.2) is 0 Å². The van der Waals surface area contributed by atoms with Gasteiger partial charge in [0.2, 0.25) is 11.8 Å². The molecule has 2 aromatic carbocycles. The summed E-state index contributed by atoms with van der Waals surface area (Å²) in [4.78, 5) is 26.9. The third kappa shape index (κ3) is 6.34. The Morgan fingerprint density at radius 2 is 1.57 bits per heavy atom. The van der Waals surface area contributed by atoms with Crippen LogP contribution in [0.1, 0.15) is 50.8 Å². The number of aryl methyl sites for hydroxylation is 1. The summed E-state index contributed by atoms with van der Waals surface area (Å²) in [5.74, 6) is 0.544. The van der Waals surface area contributed by atoms with E-state index in [0.29, 0.717) is 19.4 Å². The normalized spacial score (nSPS) is 12.2. The number of nitrogens with zero attached hydrogens (tertiary/aromatic N) is 1. The Balaban J connectivity index is 2.10. The van der Waals surface area contributed by atoms with Gasteiger partial charge in [-0.05, 0) is 47.6 Å². The highest BCUT2D eigenvalue weighted by atomic mass is 16.5. The molecule has 0 aromatic heterocycles. The smallest absolute Gasteiger partial charge is 0.242 e. The average Bonchev–Trinajstić information content (AvgIpc) is 2.74. The highest BCUT2D eigenvalue weighted by Gasteiger charge is 2.25. The van der Waals surface area contributed by atoms with E-state index in [1.165, 1.54) is 5.56 Å². The lowest BCUT2D eigenvalue weighted by atomic mass is 9.86. The van der Waals surface area contributed by atoms with E-state index in [4.69, 9.17) is 4.74 Å². The lowest BCUT2D eigenvalue weighted by Crippen LogP contribution is -2.46. The third-order valence-electron chi connectivity index (χ3n) is 5.37. The van der Waals surface area contributed by atoms with E-state index in [0.717, 1.165) is 16.9 Å². The van der Waals surface area contributed by atoms with Crippen LogP contribution in [-0.4, -0.2) is 36.9 Å². The fourth-order valence-corrected chi connectivity index (χ4v) is 3.29. The Morgan fingerprint density at radius 1 is 1.00 bits per heavy atom. The van der Waals surface area contributed by atoms with Crippen LogP contribution in [0.2, 0.25) is 0 Å². The molecule has 2 aromatic rings. The number of carbonyl (C=O) groups excluding carboxylic acids is 2. The molecule has 5 heteroatoms. The van der Waals surface area contributed by atoms with Crippen LogP contribution in [-0.2, 0) is 28.0 Å². The third-order valence-corrected chi connectivity index (χ3v) is 5.37. The standard InChI is InChI=1S/C25H34N2O3/c1-18(24(29)26-5)27(17-20-9-14-22(30-6)15-10-20)23(28)16-11-19-7-12-21(13-8-19)25(2,3)4/h7-10,12-15,18H,11,16-17H2,1-6H3,(H,26,29). The molecule has 0 bridgehead atoms. The van der Waals surface area contributed by atoms with Crippen LogP contribution >= 0.6 is 0 Å². The van der Waals surface area contributed by atoms with Gasteiger partial charge in [0.05, 0.1) is 7.11 Å². The molecule has 0 radical (unpaired) electrons. The highest BCUT2D eigenvalue weighted by molar-refractivity contribution is 5.87. The molecule has 1 N–H and O–H groups in total. The van der Waals surface area contributed by atoms with Crippen molar-refractivity contribution in [1.82, 2.24) is 10.2 Å². The molecule has 0 aliphatic rings. The fraction of sp³-hybridized carbons (Fsp3) is 0.440. The Bertz CT molecular complexity index is 836. The molecule has 0 fully saturated rings. The van der Waals surface area contributed by atoms with Crippen LogP contribution in [0, 0.1) is 0 Å². The molecule has 0 saturated heterocycles. The Kier molecular flexibility index (Phi) is 8.04. The maximum atomic E-state index is 13.1. The predicted octanol–water partition coefficient (Wildman–Crippen LogP) is 4.09. The summed E-state index contributed by atoms with van der Waals surface area (Å²) in [7, 11) is 3.21. The van der Waals surface area contributed by atoms with Crippen molar-refractivity contribution in [2.75, 3.05) is 14.2 Å². The average molecular weight is 411 g/mol. The SMILES string of the molecule is CNC(=O)C(C)N(Cc1ccc(OC)cc1)C(=O)CCc1ccc(C(C)(C)C)cc1. The van der Waals surface area contributed by atoms with Gasteiger partial charge >= 0.3 is 0 Å². The van der Waals surface area contributed by atoms with Crippen molar-refractivity contribution >= 4 is 11.8 Å². The number of hydrogen-bond donors (Lipinski definition) is 1. The van der Waals surface area contributed by atoms with Crippen LogP contribution in [0.25, 0.3) is 0 Å². The van der Waals surface area contributed by atoms with Crippen molar-refractivity contribution in [3.63, 3.8) is 0 Å². The van der Waals surface area contributed by atoms with E-state index in [2.05, 4.69) is 50.4 Å². The first-order valence-corrected chi connectivity index (χ1v) is 10.4. The fourth-order valence-electron chi connectivity index (χ4n) is 3.29. The number of hydrogen-bond acceptors (Lipinski definition) is 3. The van der Waals surface area contributed by atoms with Crippen molar-refractivity contribution < 1.29 is 14.3 Å². The van der Waals surface area contributed by atoms with Crippen LogP contribution in [0.15, 0.2) is 48.5 Å². The van der Waals surface area contributed by atoms with Gasteiger partial charge in [0, 0.05) is 20.0 Å². The number of ether oxygens (including phenoxy) is 1. The summed E-state index contributed by atoms with van der Waals surface area (Å²) in [5.41, 5.74) is 3.45. The number of rotatable bonds is 8. The summed E-state index contributed by atoms with van der Waals surface area (Å²) in [5, 5.41) is 2.65. The van der Waals surface area contributed by atoms with Crippen molar-refractivity contribution in [2.45, 2.75) is 58.5 Å². The lowest BCUT2D eigenvalue weighted by molar-refractivity contribution is -0.140. The highest BCUT2D eigenvalue weighted by Crippen LogP contribution is 2.23. The molecule has 162 valence electrons. The van der Waals surface area contributed by atoms with Gasteiger partial charge in [0.15, 0.2) is 0 Å². The minimum atomic E-state index is -0.548. The lowest BCUT2D eigenvalue weighted by Gasteiger charge is -2.28. The quantitative estimate of drug-likeness (QED) is 0.713. The van der Waals surface area contributed by atoms with E-state index in [-0.39, 0.29) is 17.2 Å². The monoisotopic (exact) mass is 410 g/mol. The molecule has 1 atom stereocenters. The zero-order valence-electron chi connectivity index (χ0n) is 19.0. The second-order valence-corrected chi connectivity index (χ2v) is 8.61. The number of benzene rings is 2. The van der Waals surface area contributed by atoms with E-state index in [1.54, 1.807) is 26.0 Å². The largest absolute Gasteiger partial charge is 0.497 e. The van der Waals surface area contributed by atoms with Gasteiger partial charge in [-0.2, -0.15) is 0 Å². The molecule has 2 amide bonds. The Morgan fingerprint density at radius 3 is 2.07 bits per heavy atom. The van der Waals surface area contributed by atoms with E-state index in [9.17, 15) is 9.59 Å². The van der Waals surface area contributed by atoms with Crippen LogP contribution in [0.5, 0.6) is 5.75 Å². The van der Waals surface area contributed by atoms with Gasteiger partial charge < -0.3 is 15.0 Å². The number of methoxy groups -OCH3 is 1. The van der Waals surface area contributed by atoms with Crippen molar-refractivity contribution in [1.29, 1.82) is 0 Å². The summed E-state index contributed by atoms with van der Waals surface area (Å²) >= 11 is 0. The number of likely N-dealkylation sites (N-methyl/N-ethyl adjacent to an activating group) is 1. The topological polar surface area (TPSA) is 58.6 Å². The zero-order valence-corrected chi connectivity index (χ0v) is 19.0. The second-order valence-electron chi connectivity index (χ2n) is 8.61. The maximum absolute atomic E-state index is 13.1. The van der Waals surface area contributed by atoms with E-state index >= 15 is 0 Å². The molecular formula is C25H34N2O3. The summed E-state index contributed by atoms with van der Waals surface area (Å²) in [6.45, 7) is 8.69. The number of amides is 2. The van der Waals surface area contributed by atoms with Crippen LogP contribution in [0.3, 0.4) is 0 Å². The van der Waals surface area contributed by atoms with Gasteiger partial charge in [-0.1, -0.05) is 57.2 Å². The van der Waals surface area contributed by atoms with Crippen molar-refractivity contribution in [3.05, 3.63) is 65.2 Å². The first kappa shape index (κ1) is 23.5. The Hall–Kier alpha value is -2.82. The summed E-state index contributed by atoms with van der Waals surface area (Å²) in [6, 6.07) is 15.4.